The molecule has 3 heterocycles. The molecular weight excluding hydrogens is 356 g/mol. The number of carbonyl (C=O) groups is 1. The highest BCUT2D eigenvalue weighted by atomic mass is 16.5. The van der Waals surface area contributed by atoms with Crippen molar-refractivity contribution in [3.05, 3.63) is 34.9 Å². The van der Waals surface area contributed by atoms with Crippen molar-refractivity contribution in [2.75, 3.05) is 6.61 Å². The van der Waals surface area contributed by atoms with Gasteiger partial charge in [-0.15, -0.1) is 0 Å². The molecule has 0 aromatic carbocycles. The van der Waals surface area contributed by atoms with Crippen LogP contribution in [0.15, 0.2) is 12.4 Å². The van der Waals surface area contributed by atoms with Crippen LogP contribution in [0.25, 0.3) is 0 Å². The molecule has 0 radical (unpaired) electrons. The second kappa shape index (κ2) is 7.58. The Morgan fingerprint density at radius 2 is 2.14 bits per heavy atom. The number of nitrogens with one attached hydrogen (secondary N) is 2. The van der Waals surface area contributed by atoms with Crippen molar-refractivity contribution >= 4 is 6.03 Å². The van der Waals surface area contributed by atoms with E-state index in [0.29, 0.717) is 12.6 Å². The van der Waals surface area contributed by atoms with E-state index in [1.54, 1.807) is 4.68 Å². The van der Waals surface area contributed by atoms with Crippen molar-refractivity contribution in [1.82, 2.24) is 30.2 Å². The van der Waals surface area contributed by atoms with E-state index in [2.05, 4.69) is 39.4 Å². The summed E-state index contributed by atoms with van der Waals surface area (Å²) >= 11 is 0. The minimum absolute atomic E-state index is 0.0387. The number of carbonyl (C=O) groups excluding carboxylic acids is 1. The van der Waals surface area contributed by atoms with Crippen LogP contribution in [-0.4, -0.2) is 44.3 Å². The van der Waals surface area contributed by atoms with Crippen LogP contribution in [0.5, 0.6) is 0 Å². The number of urea groups is 1. The van der Waals surface area contributed by atoms with E-state index in [-0.39, 0.29) is 24.2 Å². The zero-order valence-electron chi connectivity index (χ0n) is 17.1. The van der Waals surface area contributed by atoms with Gasteiger partial charge in [0.1, 0.15) is 6.10 Å². The molecule has 4 rings (SSSR count). The van der Waals surface area contributed by atoms with Gasteiger partial charge in [0.05, 0.1) is 17.9 Å². The van der Waals surface area contributed by atoms with Gasteiger partial charge in [0.15, 0.2) is 0 Å². The first-order valence-corrected chi connectivity index (χ1v) is 10.2. The number of rotatable bonds is 4. The molecule has 1 unspecified atom stereocenters. The Kier molecular flexibility index (Phi) is 5.14. The fraction of sp³-hybridized carbons (Fsp3) is 0.650. The van der Waals surface area contributed by atoms with Crippen LogP contribution >= 0.6 is 0 Å². The minimum Gasteiger partial charge on any atom is -0.371 e. The number of nitrogens with zero attached hydrogens (tertiary/aromatic N) is 4. The number of hydrogen-bond acceptors (Lipinski definition) is 4. The van der Waals surface area contributed by atoms with Crippen LogP contribution in [-0.2, 0) is 24.6 Å². The van der Waals surface area contributed by atoms with E-state index in [4.69, 9.17) is 4.74 Å². The number of ether oxygens (including phenoxy) is 1. The van der Waals surface area contributed by atoms with Crippen molar-refractivity contribution in [3.63, 3.8) is 0 Å². The fourth-order valence-electron chi connectivity index (χ4n) is 4.43. The Morgan fingerprint density at radius 1 is 1.32 bits per heavy atom. The van der Waals surface area contributed by atoms with Gasteiger partial charge in [-0.1, -0.05) is 0 Å². The summed E-state index contributed by atoms with van der Waals surface area (Å²) in [5.74, 6) is 0. The highest BCUT2D eigenvalue weighted by Crippen LogP contribution is 2.31. The predicted octanol–water partition coefficient (Wildman–Crippen LogP) is 2.19. The molecule has 2 aromatic rings. The third-order valence-electron chi connectivity index (χ3n) is 5.78. The molecule has 2 N–H and O–H groups in total. The first-order chi connectivity index (χ1) is 13.4. The van der Waals surface area contributed by atoms with E-state index in [0.717, 1.165) is 36.9 Å². The highest BCUT2D eigenvalue weighted by molar-refractivity contribution is 5.74. The molecule has 152 valence electrons. The molecule has 0 spiro atoms. The number of hydrogen-bond donors (Lipinski definition) is 2. The largest absolute Gasteiger partial charge is 0.371 e. The Labute approximate surface area is 165 Å². The van der Waals surface area contributed by atoms with E-state index < -0.39 is 0 Å². The summed E-state index contributed by atoms with van der Waals surface area (Å²) in [4.78, 5) is 12.7. The summed E-state index contributed by atoms with van der Waals surface area (Å²) in [6.07, 6.45) is 7.35. The lowest BCUT2D eigenvalue weighted by molar-refractivity contribution is 0.0992. The Balaban J connectivity index is 1.38. The number of fused-ring (bicyclic) bond motifs is 1. The molecule has 2 amide bonds. The monoisotopic (exact) mass is 386 g/mol. The van der Waals surface area contributed by atoms with E-state index in [9.17, 15) is 4.79 Å². The Bertz CT molecular complexity index is 855. The molecule has 8 nitrogen and oxygen atoms in total. The molecule has 0 bridgehead atoms. The normalized spacial score (nSPS) is 24.4. The first-order valence-electron chi connectivity index (χ1n) is 10.2. The molecule has 28 heavy (non-hydrogen) atoms. The molecule has 2 aromatic heterocycles. The maximum atomic E-state index is 12.7. The van der Waals surface area contributed by atoms with Crippen molar-refractivity contribution in [2.45, 2.75) is 70.7 Å². The van der Waals surface area contributed by atoms with E-state index in [1.165, 1.54) is 11.3 Å². The van der Waals surface area contributed by atoms with Crippen LogP contribution in [0.2, 0.25) is 0 Å². The lowest BCUT2D eigenvalue weighted by Crippen LogP contribution is -2.48. The van der Waals surface area contributed by atoms with Gasteiger partial charge >= 0.3 is 6.03 Å². The average molecular weight is 387 g/mol. The lowest BCUT2D eigenvalue weighted by Gasteiger charge is -2.27. The van der Waals surface area contributed by atoms with Crippen molar-refractivity contribution in [1.29, 1.82) is 0 Å². The third kappa shape index (κ3) is 3.65. The summed E-state index contributed by atoms with van der Waals surface area (Å²) in [5.41, 5.74) is 4.56. The number of amides is 2. The summed E-state index contributed by atoms with van der Waals surface area (Å²) in [6.45, 7) is 6.89. The average Bonchev–Trinajstić information content (AvgIpc) is 3.32. The van der Waals surface area contributed by atoms with Crippen LogP contribution in [0, 0.1) is 6.92 Å². The molecule has 1 aliphatic heterocycles. The van der Waals surface area contributed by atoms with Crippen molar-refractivity contribution in [3.8, 4) is 0 Å². The Hall–Kier alpha value is -2.35. The van der Waals surface area contributed by atoms with Gasteiger partial charge in [0.2, 0.25) is 0 Å². The number of aryl methyl sites for hydroxylation is 3. The van der Waals surface area contributed by atoms with Gasteiger partial charge < -0.3 is 15.4 Å². The third-order valence-corrected chi connectivity index (χ3v) is 5.78. The molecule has 8 heteroatoms. The molecule has 3 atom stereocenters. The van der Waals surface area contributed by atoms with Gasteiger partial charge in [-0.25, -0.2) is 4.79 Å². The predicted molar refractivity (Wildman–Crippen MR) is 105 cm³/mol. The van der Waals surface area contributed by atoms with Crippen LogP contribution in [0.1, 0.15) is 61.3 Å². The van der Waals surface area contributed by atoms with E-state index in [1.807, 2.05) is 26.4 Å². The molecular formula is C20H30N6O2. The Morgan fingerprint density at radius 3 is 2.86 bits per heavy atom. The van der Waals surface area contributed by atoms with Gasteiger partial charge in [0, 0.05) is 49.6 Å². The van der Waals surface area contributed by atoms with Gasteiger partial charge in [-0.2, -0.15) is 10.2 Å². The molecule has 1 saturated heterocycles. The summed E-state index contributed by atoms with van der Waals surface area (Å²) in [7, 11) is 1.90. The summed E-state index contributed by atoms with van der Waals surface area (Å²) in [5, 5.41) is 15.2. The maximum Gasteiger partial charge on any atom is 0.315 e. The second-order valence-corrected chi connectivity index (χ2v) is 8.24. The smallest absolute Gasteiger partial charge is 0.315 e. The van der Waals surface area contributed by atoms with E-state index >= 15 is 0 Å². The summed E-state index contributed by atoms with van der Waals surface area (Å²) in [6, 6.07) is 0.299. The standard InChI is InChI=1S/C20H30N6O2/c1-12(2)26-18-9-15(6-5-14(18)10-21-26)22-20(27)23-17-7-8-28-19(17)16-11-25(4)24-13(16)3/h10-12,15,17,19H,5-9H2,1-4H3,(H2,22,23,27)/t15?,17-,19+/m1/s1. The minimum atomic E-state index is -0.139. The number of aromatic nitrogens is 4. The van der Waals surface area contributed by atoms with Crippen LogP contribution in [0.4, 0.5) is 4.79 Å². The van der Waals surface area contributed by atoms with Crippen molar-refractivity contribution < 1.29 is 9.53 Å². The van der Waals surface area contributed by atoms with Crippen molar-refractivity contribution in [2.24, 2.45) is 7.05 Å². The topological polar surface area (TPSA) is 86.0 Å². The van der Waals surface area contributed by atoms with Gasteiger partial charge in [0.25, 0.3) is 0 Å². The maximum absolute atomic E-state index is 12.7. The molecule has 2 aliphatic rings. The SMILES string of the molecule is Cc1nn(C)cc1[C@@H]1OCC[C@H]1NC(=O)NC1CCc2cnn(C(C)C)c2C1. The first kappa shape index (κ1) is 19.0. The van der Waals surface area contributed by atoms with Gasteiger partial charge in [-0.05, 0) is 45.6 Å². The quantitative estimate of drug-likeness (QED) is 0.843. The molecule has 0 saturated carbocycles. The van der Waals surface area contributed by atoms with Crippen LogP contribution < -0.4 is 10.6 Å². The van der Waals surface area contributed by atoms with Gasteiger partial charge in [-0.3, -0.25) is 9.36 Å². The van der Waals surface area contributed by atoms with Crippen LogP contribution in [0.3, 0.4) is 0 Å². The zero-order valence-corrected chi connectivity index (χ0v) is 17.1. The fourth-order valence-corrected chi connectivity index (χ4v) is 4.43. The summed E-state index contributed by atoms with van der Waals surface area (Å²) < 4.78 is 9.78. The lowest BCUT2D eigenvalue weighted by atomic mass is 9.93. The second-order valence-electron chi connectivity index (χ2n) is 8.24. The molecule has 1 fully saturated rings. The molecule has 1 aliphatic carbocycles. The highest BCUT2D eigenvalue weighted by Gasteiger charge is 2.34. The zero-order chi connectivity index (χ0) is 19.8.